The lowest BCUT2D eigenvalue weighted by Crippen LogP contribution is -2.32. The minimum Gasteiger partial charge on any atom is -0.477 e. The van der Waals surface area contributed by atoms with Crippen LogP contribution in [0.5, 0.6) is 0 Å². The number of aromatic nitrogens is 1. The second-order valence-electron chi connectivity index (χ2n) is 3.67. The molecule has 5 nitrogen and oxygen atoms in total. The van der Waals surface area contributed by atoms with Crippen molar-refractivity contribution >= 4 is 11.9 Å². The first-order valence-electron chi connectivity index (χ1n) is 5.52. The van der Waals surface area contributed by atoms with E-state index in [1.807, 2.05) is 6.92 Å². The highest BCUT2D eigenvalue weighted by Gasteiger charge is 2.16. The van der Waals surface area contributed by atoms with Gasteiger partial charge in [0, 0.05) is 18.3 Å². The Labute approximate surface area is 105 Å². The number of rotatable bonds is 5. The van der Waals surface area contributed by atoms with Crippen LogP contribution >= 0.6 is 0 Å². The fourth-order valence-electron chi connectivity index (χ4n) is 1.50. The molecule has 1 N–H and O–H groups in total. The van der Waals surface area contributed by atoms with Gasteiger partial charge in [-0.25, -0.2) is 9.78 Å². The van der Waals surface area contributed by atoms with Crippen molar-refractivity contribution in [2.24, 2.45) is 0 Å². The molecule has 1 rings (SSSR count). The van der Waals surface area contributed by atoms with Crippen LogP contribution < -0.4 is 0 Å². The minimum atomic E-state index is -1.16. The van der Waals surface area contributed by atoms with Crippen LogP contribution in [0.3, 0.4) is 0 Å². The number of carboxylic acids is 1. The van der Waals surface area contributed by atoms with Crippen molar-refractivity contribution in [3.05, 3.63) is 29.6 Å². The van der Waals surface area contributed by atoms with Crippen LogP contribution in [0.25, 0.3) is 0 Å². The Kier molecular flexibility index (Phi) is 4.88. The van der Waals surface area contributed by atoms with Gasteiger partial charge in [-0.1, -0.05) is 12.8 Å². The summed E-state index contributed by atoms with van der Waals surface area (Å²) in [6.45, 7) is 2.68. The lowest BCUT2D eigenvalue weighted by Gasteiger charge is -2.19. The lowest BCUT2D eigenvalue weighted by molar-refractivity contribution is 0.0690. The maximum absolute atomic E-state index is 12.1. The molecule has 0 radical (unpaired) electrons. The first-order valence-corrected chi connectivity index (χ1v) is 5.52. The van der Waals surface area contributed by atoms with Crippen LogP contribution in [0.2, 0.25) is 0 Å². The first-order chi connectivity index (χ1) is 8.60. The third-order valence-corrected chi connectivity index (χ3v) is 2.29. The molecule has 1 aromatic heterocycles. The van der Waals surface area contributed by atoms with Crippen LogP contribution in [-0.4, -0.2) is 40.0 Å². The number of hydrogen-bond donors (Lipinski definition) is 1. The topological polar surface area (TPSA) is 70.5 Å². The van der Waals surface area contributed by atoms with E-state index in [0.29, 0.717) is 6.54 Å². The molecule has 0 atom stereocenters. The fourth-order valence-corrected chi connectivity index (χ4v) is 1.50. The number of pyridine rings is 1. The maximum Gasteiger partial charge on any atom is 0.354 e. The molecule has 0 aliphatic heterocycles. The zero-order chi connectivity index (χ0) is 13.5. The van der Waals surface area contributed by atoms with E-state index >= 15 is 0 Å². The van der Waals surface area contributed by atoms with Crippen LogP contribution in [0, 0.1) is 12.3 Å². The molecule has 0 spiro atoms. The van der Waals surface area contributed by atoms with Gasteiger partial charge in [0.2, 0.25) is 0 Å². The van der Waals surface area contributed by atoms with Gasteiger partial charge >= 0.3 is 5.97 Å². The molecule has 18 heavy (non-hydrogen) atoms. The van der Waals surface area contributed by atoms with Gasteiger partial charge in [0.05, 0.1) is 6.54 Å². The van der Waals surface area contributed by atoms with Gasteiger partial charge < -0.3 is 10.0 Å². The summed E-state index contributed by atoms with van der Waals surface area (Å²) >= 11 is 0. The van der Waals surface area contributed by atoms with Crippen molar-refractivity contribution in [3.63, 3.8) is 0 Å². The Bertz CT molecular complexity index is 491. The van der Waals surface area contributed by atoms with Crippen molar-refractivity contribution in [1.82, 2.24) is 9.88 Å². The molecule has 0 saturated heterocycles. The van der Waals surface area contributed by atoms with Gasteiger partial charge in [-0.05, 0) is 18.6 Å². The summed E-state index contributed by atoms with van der Waals surface area (Å²) in [5.41, 5.74) is 0.129. The summed E-state index contributed by atoms with van der Waals surface area (Å²) < 4.78 is 0. The first kappa shape index (κ1) is 13.7. The molecule has 0 fully saturated rings. The number of carbonyl (C=O) groups excluding carboxylic acids is 1. The molecule has 1 aromatic rings. The Morgan fingerprint density at radius 1 is 1.56 bits per heavy atom. The largest absolute Gasteiger partial charge is 0.477 e. The van der Waals surface area contributed by atoms with E-state index in [1.165, 1.54) is 23.2 Å². The van der Waals surface area contributed by atoms with E-state index in [9.17, 15) is 9.59 Å². The van der Waals surface area contributed by atoms with Gasteiger partial charge in [-0.15, -0.1) is 6.42 Å². The van der Waals surface area contributed by atoms with Crippen molar-refractivity contribution < 1.29 is 14.7 Å². The number of carbonyl (C=O) groups is 2. The zero-order valence-electron chi connectivity index (χ0n) is 10.1. The minimum absolute atomic E-state index is 0.155. The number of hydrogen-bond acceptors (Lipinski definition) is 3. The average molecular weight is 246 g/mol. The quantitative estimate of drug-likeness (QED) is 0.794. The molecular formula is C13H14N2O3. The van der Waals surface area contributed by atoms with Crippen molar-refractivity contribution in [2.45, 2.75) is 13.3 Å². The highest BCUT2D eigenvalue weighted by Crippen LogP contribution is 2.07. The highest BCUT2D eigenvalue weighted by molar-refractivity contribution is 5.96. The standard InChI is InChI=1S/C13H14N2O3/c1-3-7-15(8-4-2)12(16)10-5-6-14-11(9-10)13(17)18/h1,5-6,9H,4,7-8H2,2H3,(H,17,18). The van der Waals surface area contributed by atoms with E-state index in [-0.39, 0.29) is 23.7 Å². The molecule has 0 unspecified atom stereocenters. The van der Waals surface area contributed by atoms with E-state index in [0.717, 1.165) is 6.42 Å². The summed E-state index contributed by atoms with van der Waals surface area (Å²) in [6, 6.07) is 2.73. The van der Waals surface area contributed by atoms with Crippen LogP contribution in [-0.2, 0) is 0 Å². The summed E-state index contributed by atoms with van der Waals surface area (Å²) in [5, 5.41) is 8.82. The SMILES string of the molecule is C#CCN(CCC)C(=O)c1ccnc(C(=O)O)c1. The van der Waals surface area contributed by atoms with Gasteiger partial charge in [0.1, 0.15) is 5.69 Å². The highest BCUT2D eigenvalue weighted by atomic mass is 16.4. The monoisotopic (exact) mass is 246 g/mol. The van der Waals surface area contributed by atoms with Gasteiger partial charge in [-0.2, -0.15) is 0 Å². The van der Waals surface area contributed by atoms with Crippen molar-refractivity contribution in [3.8, 4) is 12.3 Å². The van der Waals surface area contributed by atoms with Crippen LogP contribution in [0.15, 0.2) is 18.3 Å². The van der Waals surface area contributed by atoms with E-state index < -0.39 is 5.97 Å². The summed E-state index contributed by atoms with van der Waals surface area (Å²) in [6.07, 6.45) is 7.29. The van der Waals surface area contributed by atoms with E-state index in [2.05, 4.69) is 10.9 Å². The molecule has 5 heteroatoms. The van der Waals surface area contributed by atoms with Gasteiger partial charge in [0.15, 0.2) is 0 Å². The normalized spacial score (nSPS) is 9.56. The molecule has 94 valence electrons. The second kappa shape index (κ2) is 6.40. The number of nitrogens with zero attached hydrogens (tertiary/aromatic N) is 2. The number of carboxylic acid groups (broad SMARTS) is 1. The third-order valence-electron chi connectivity index (χ3n) is 2.29. The molecule has 1 amide bonds. The van der Waals surface area contributed by atoms with Gasteiger partial charge in [0.25, 0.3) is 5.91 Å². The Morgan fingerprint density at radius 2 is 2.28 bits per heavy atom. The number of terminal acetylenes is 1. The van der Waals surface area contributed by atoms with E-state index in [1.54, 1.807) is 0 Å². The van der Waals surface area contributed by atoms with Crippen LogP contribution in [0.4, 0.5) is 0 Å². The third kappa shape index (κ3) is 3.32. The smallest absolute Gasteiger partial charge is 0.354 e. The molecule has 0 bridgehead atoms. The van der Waals surface area contributed by atoms with E-state index in [4.69, 9.17) is 11.5 Å². The maximum atomic E-state index is 12.1. The predicted octanol–water partition coefficient (Wildman–Crippen LogP) is 1.27. The van der Waals surface area contributed by atoms with Crippen molar-refractivity contribution in [2.75, 3.05) is 13.1 Å². The number of amides is 1. The predicted molar refractivity (Wildman–Crippen MR) is 66.2 cm³/mol. The molecule has 0 aromatic carbocycles. The summed E-state index contributed by atoms with van der Waals surface area (Å²) in [4.78, 5) is 28.0. The molecule has 0 saturated carbocycles. The lowest BCUT2D eigenvalue weighted by atomic mass is 10.2. The molecule has 1 heterocycles. The Balaban J connectivity index is 2.97. The number of aromatic carboxylic acids is 1. The Hall–Kier alpha value is -2.35. The van der Waals surface area contributed by atoms with Gasteiger partial charge in [-0.3, -0.25) is 4.79 Å². The molecular weight excluding hydrogens is 232 g/mol. The summed E-state index contributed by atoms with van der Waals surface area (Å²) in [7, 11) is 0. The molecule has 0 aliphatic carbocycles. The molecule has 0 aliphatic rings. The average Bonchev–Trinajstić information content (AvgIpc) is 2.38. The summed E-state index contributed by atoms with van der Waals surface area (Å²) in [5.74, 6) is 0.972. The fraction of sp³-hybridized carbons (Fsp3) is 0.308. The Morgan fingerprint density at radius 3 is 2.83 bits per heavy atom. The second-order valence-corrected chi connectivity index (χ2v) is 3.67. The van der Waals surface area contributed by atoms with Crippen LogP contribution in [0.1, 0.15) is 34.2 Å². The zero-order valence-corrected chi connectivity index (χ0v) is 10.1. The van der Waals surface area contributed by atoms with Crippen molar-refractivity contribution in [1.29, 1.82) is 0 Å².